The third-order valence-corrected chi connectivity index (χ3v) is 3.13. The van der Waals surface area contributed by atoms with E-state index in [1.807, 2.05) is 24.3 Å². The van der Waals surface area contributed by atoms with E-state index in [9.17, 15) is 4.79 Å². The number of ether oxygens (including phenoxy) is 1. The van der Waals surface area contributed by atoms with Gasteiger partial charge in [-0.25, -0.2) is 0 Å². The summed E-state index contributed by atoms with van der Waals surface area (Å²) in [5.74, 6) is 1.33. The lowest BCUT2D eigenvalue weighted by molar-refractivity contribution is 0.416. The third kappa shape index (κ3) is 2.27. The van der Waals surface area contributed by atoms with Crippen molar-refractivity contribution in [2.75, 3.05) is 12.8 Å². The van der Waals surface area contributed by atoms with Gasteiger partial charge in [0, 0.05) is 23.4 Å². The van der Waals surface area contributed by atoms with Gasteiger partial charge in [0.05, 0.1) is 12.7 Å². The SMILES string of the molecule is COc1ccccc1-c1c(N)noc1-c1cc[nH]c(=O)c1. The number of nitrogens with two attached hydrogens (primary N) is 1. The fraction of sp³-hybridized carbons (Fsp3) is 0.0667. The van der Waals surface area contributed by atoms with Crippen molar-refractivity contribution in [3.05, 3.63) is 52.9 Å². The molecule has 0 amide bonds. The molecule has 6 heteroatoms. The second-order valence-electron chi connectivity index (χ2n) is 4.41. The molecule has 1 aromatic carbocycles. The highest BCUT2D eigenvalue weighted by atomic mass is 16.5. The minimum absolute atomic E-state index is 0.228. The zero-order chi connectivity index (χ0) is 14.8. The Balaban J connectivity index is 2.25. The van der Waals surface area contributed by atoms with E-state index in [-0.39, 0.29) is 11.4 Å². The molecule has 106 valence electrons. The zero-order valence-corrected chi connectivity index (χ0v) is 11.3. The second kappa shape index (κ2) is 5.16. The van der Waals surface area contributed by atoms with Gasteiger partial charge < -0.3 is 20.0 Å². The molecular weight excluding hydrogens is 270 g/mol. The number of benzene rings is 1. The fourth-order valence-corrected chi connectivity index (χ4v) is 2.20. The first-order valence-corrected chi connectivity index (χ1v) is 6.28. The number of pyridine rings is 1. The first kappa shape index (κ1) is 13.0. The van der Waals surface area contributed by atoms with Crippen LogP contribution in [0.25, 0.3) is 22.5 Å². The molecule has 0 unspecified atom stereocenters. The predicted molar refractivity (Wildman–Crippen MR) is 79.0 cm³/mol. The Bertz CT molecular complexity index is 836. The second-order valence-corrected chi connectivity index (χ2v) is 4.41. The number of H-pyrrole nitrogens is 1. The van der Waals surface area contributed by atoms with Crippen molar-refractivity contribution in [1.82, 2.24) is 10.1 Å². The number of aromatic nitrogens is 2. The van der Waals surface area contributed by atoms with E-state index in [0.717, 1.165) is 5.56 Å². The summed E-state index contributed by atoms with van der Waals surface area (Å²) >= 11 is 0. The molecule has 0 aliphatic heterocycles. The van der Waals surface area contributed by atoms with Crippen molar-refractivity contribution < 1.29 is 9.26 Å². The number of anilines is 1. The van der Waals surface area contributed by atoms with Crippen LogP contribution in [0.3, 0.4) is 0 Å². The van der Waals surface area contributed by atoms with Crippen LogP contribution in [0.1, 0.15) is 0 Å². The first-order valence-electron chi connectivity index (χ1n) is 6.28. The molecule has 21 heavy (non-hydrogen) atoms. The Morgan fingerprint density at radius 2 is 2.10 bits per heavy atom. The monoisotopic (exact) mass is 283 g/mol. The van der Waals surface area contributed by atoms with Crippen molar-refractivity contribution in [3.63, 3.8) is 0 Å². The number of nitrogens with one attached hydrogen (secondary N) is 1. The first-order chi connectivity index (χ1) is 10.2. The standard InChI is InChI=1S/C15H13N3O3/c1-20-11-5-3-2-4-10(11)13-14(21-18-15(13)16)9-6-7-17-12(19)8-9/h2-8H,1H3,(H2,16,18)(H,17,19). The van der Waals surface area contributed by atoms with Gasteiger partial charge >= 0.3 is 0 Å². The number of nitrogens with zero attached hydrogens (tertiary/aromatic N) is 1. The van der Waals surface area contributed by atoms with Crippen molar-refractivity contribution in [2.24, 2.45) is 0 Å². The molecule has 0 fully saturated rings. The molecule has 6 nitrogen and oxygen atoms in total. The minimum atomic E-state index is -0.228. The zero-order valence-electron chi connectivity index (χ0n) is 11.3. The molecule has 0 spiro atoms. The molecule has 3 aromatic rings. The Morgan fingerprint density at radius 3 is 2.86 bits per heavy atom. The highest BCUT2D eigenvalue weighted by molar-refractivity contribution is 5.89. The molecule has 0 bridgehead atoms. The summed E-state index contributed by atoms with van der Waals surface area (Å²) in [6, 6.07) is 10.6. The number of methoxy groups -OCH3 is 1. The minimum Gasteiger partial charge on any atom is -0.496 e. The van der Waals surface area contributed by atoms with Gasteiger partial charge in [0.15, 0.2) is 11.6 Å². The highest BCUT2D eigenvalue weighted by Crippen LogP contribution is 2.40. The van der Waals surface area contributed by atoms with Gasteiger partial charge in [0.25, 0.3) is 0 Å². The molecular formula is C15H13N3O3. The van der Waals surface area contributed by atoms with Crippen LogP contribution in [0.2, 0.25) is 0 Å². The maximum atomic E-state index is 11.5. The quantitative estimate of drug-likeness (QED) is 0.769. The largest absolute Gasteiger partial charge is 0.496 e. The lowest BCUT2D eigenvalue weighted by Crippen LogP contribution is -2.02. The molecule has 0 aliphatic rings. The average molecular weight is 283 g/mol. The van der Waals surface area contributed by atoms with Crippen LogP contribution < -0.4 is 16.0 Å². The van der Waals surface area contributed by atoms with Crippen molar-refractivity contribution >= 4 is 5.82 Å². The van der Waals surface area contributed by atoms with E-state index in [4.69, 9.17) is 15.0 Å². The van der Waals surface area contributed by atoms with E-state index >= 15 is 0 Å². The van der Waals surface area contributed by atoms with Crippen LogP contribution in [0.4, 0.5) is 5.82 Å². The van der Waals surface area contributed by atoms with Gasteiger partial charge in [-0.15, -0.1) is 0 Å². The van der Waals surface area contributed by atoms with E-state index < -0.39 is 0 Å². The van der Waals surface area contributed by atoms with Gasteiger partial charge in [-0.05, 0) is 12.1 Å². The number of nitrogen functional groups attached to an aromatic ring is 1. The maximum absolute atomic E-state index is 11.5. The lowest BCUT2D eigenvalue weighted by atomic mass is 10.0. The molecule has 3 N–H and O–H groups in total. The van der Waals surface area contributed by atoms with E-state index in [1.165, 1.54) is 6.07 Å². The Hall–Kier alpha value is -3.02. The van der Waals surface area contributed by atoms with E-state index in [0.29, 0.717) is 22.6 Å². The Kier molecular flexibility index (Phi) is 3.19. The molecule has 0 saturated heterocycles. The summed E-state index contributed by atoms with van der Waals surface area (Å²) in [6.45, 7) is 0. The summed E-state index contributed by atoms with van der Waals surface area (Å²) in [5.41, 5.74) is 7.67. The maximum Gasteiger partial charge on any atom is 0.248 e. The number of rotatable bonds is 3. The summed E-state index contributed by atoms with van der Waals surface area (Å²) in [5, 5.41) is 3.81. The summed E-state index contributed by atoms with van der Waals surface area (Å²) in [6.07, 6.45) is 1.54. The van der Waals surface area contributed by atoms with Crippen LogP contribution in [0, 0.1) is 0 Å². The summed E-state index contributed by atoms with van der Waals surface area (Å²) < 4.78 is 10.7. The number of aromatic amines is 1. The van der Waals surface area contributed by atoms with Crippen molar-refractivity contribution in [1.29, 1.82) is 0 Å². The van der Waals surface area contributed by atoms with Crippen LogP contribution in [-0.4, -0.2) is 17.3 Å². The number of hydrogen-bond donors (Lipinski definition) is 2. The average Bonchev–Trinajstić information content (AvgIpc) is 2.89. The van der Waals surface area contributed by atoms with Gasteiger partial charge in [-0.2, -0.15) is 0 Å². The smallest absolute Gasteiger partial charge is 0.248 e. The van der Waals surface area contributed by atoms with Gasteiger partial charge in [0.2, 0.25) is 5.56 Å². The summed E-state index contributed by atoms with van der Waals surface area (Å²) in [7, 11) is 1.58. The normalized spacial score (nSPS) is 10.5. The predicted octanol–water partition coefficient (Wildman–Crippen LogP) is 2.29. The topological polar surface area (TPSA) is 94.1 Å². The van der Waals surface area contributed by atoms with Crippen molar-refractivity contribution in [2.45, 2.75) is 0 Å². The third-order valence-electron chi connectivity index (χ3n) is 3.13. The van der Waals surface area contributed by atoms with E-state index in [2.05, 4.69) is 10.1 Å². The molecule has 0 saturated carbocycles. The van der Waals surface area contributed by atoms with Gasteiger partial charge in [-0.3, -0.25) is 4.79 Å². The molecule has 2 heterocycles. The molecule has 3 rings (SSSR count). The number of hydrogen-bond acceptors (Lipinski definition) is 5. The highest BCUT2D eigenvalue weighted by Gasteiger charge is 2.20. The molecule has 2 aromatic heterocycles. The molecule has 0 radical (unpaired) electrons. The van der Waals surface area contributed by atoms with Crippen LogP contribution in [0.15, 0.2) is 51.9 Å². The van der Waals surface area contributed by atoms with Crippen LogP contribution in [0.5, 0.6) is 5.75 Å². The van der Waals surface area contributed by atoms with E-state index in [1.54, 1.807) is 19.4 Å². The fourth-order valence-electron chi connectivity index (χ4n) is 2.20. The van der Waals surface area contributed by atoms with Gasteiger partial charge in [-0.1, -0.05) is 23.4 Å². The van der Waals surface area contributed by atoms with Crippen LogP contribution in [-0.2, 0) is 0 Å². The Morgan fingerprint density at radius 1 is 1.29 bits per heavy atom. The molecule has 0 aliphatic carbocycles. The molecule has 0 atom stereocenters. The van der Waals surface area contributed by atoms with Crippen molar-refractivity contribution in [3.8, 4) is 28.2 Å². The number of para-hydroxylation sites is 1. The summed E-state index contributed by atoms with van der Waals surface area (Å²) in [4.78, 5) is 14.0. The Labute approximate surface area is 120 Å². The van der Waals surface area contributed by atoms with Gasteiger partial charge in [0.1, 0.15) is 5.75 Å². The lowest BCUT2D eigenvalue weighted by Gasteiger charge is -2.08. The van der Waals surface area contributed by atoms with Crippen LogP contribution >= 0.6 is 0 Å².